The highest BCUT2D eigenvalue weighted by molar-refractivity contribution is 7.13. The molecule has 5 aromatic rings. The molecule has 0 saturated carbocycles. The molecule has 4 heterocycles. The highest BCUT2D eigenvalue weighted by atomic mass is 32.1. The molecule has 0 bridgehead atoms. The lowest BCUT2D eigenvalue weighted by Gasteiger charge is -2.13. The van der Waals surface area contributed by atoms with Crippen LogP contribution in [0.3, 0.4) is 0 Å². The van der Waals surface area contributed by atoms with Gasteiger partial charge in [-0.15, -0.1) is 11.3 Å². The van der Waals surface area contributed by atoms with Crippen LogP contribution in [0.2, 0.25) is 0 Å². The molecule has 0 aliphatic carbocycles. The number of aryl methyl sites for hydroxylation is 3. The van der Waals surface area contributed by atoms with Crippen molar-refractivity contribution in [1.29, 1.82) is 0 Å². The minimum absolute atomic E-state index is 0.0707. The van der Waals surface area contributed by atoms with E-state index in [2.05, 4.69) is 57.2 Å². The van der Waals surface area contributed by atoms with Gasteiger partial charge in [0.2, 0.25) is 0 Å². The van der Waals surface area contributed by atoms with Gasteiger partial charge in [0.05, 0.1) is 39.3 Å². The van der Waals surface area contributed by atoms with E-state index in [1.807, 2.05) is 50.0 Å². The molecule has 0 unspecified atom stereocenters. The number of thiazole rings is 1. The Hall–Kier alpha value is -3.85. The Morgan fingerprint density at radius 1 is 1.14 bits per heavy atom. The highest BCUT2D eigenvalue weighted by Gasteiger charge is 2.20. The fourth-order valence-electron chi connectivity index (χ4n) is 4.20. The number of hydrogen-bond donors (Lipinski definition) is 2. The largest absolute Gasteiger partial charge is 0.351 e. The van der Waals surface area contributed by atoms with Crippen LogP contribution in [0.1, 0.15) is 52.3 Å². The lowest BCUT2D eigenvalue weighted by Crippen LogP contribution is -2.22. The van der Waals surface area contributed by atoms with Gasteiger partial charge >= 0.3 is 0 Å². The smallest absolute Gasteiger partial charge is 0.263 e. The molecule has 36 heavy (non-hydrogen) atoms. The average Bonchev–Trinajstić information content (AvgIpc) is 3.55. The van der Waals surface area contributed by atoms with Crippen molar-refractivity contribution in [3.63, 3.8) is 0 Å². The van der Waals surface area contributed by atoms with Crippen molar-refractivity contribution in [3.05, 3.63) is 69.7 Å². The lowest BCUT2D eigenvalue weighted by molar-refractivity contribution is 0.0954. The van der Waals surface area contributed by atoms with Gasteiger partial charge in [0.25, 0.3) is 5.91 Å². The normalized spacial score (nSPS) is 11.8. The Bertz CT molecular complexity index is 1590. The van der Waals surface area contributed by atoms with Crippen molar-refractivity contribution >= 4 is 28.3 Å². The zero-order chi connectivity index (χ0) is 25.6. The summed E-state index contributed by atoms with van der Waals surface area (Å²) >= 11 is 1.44. The Morgan fingerprint density at radius 3 is 2.61 bits per heavy atom. The molecule has 0 radical (unpaired) electrons. The number of nitrogens with one attached hydrogen (secondary N) is 2. The number of aromatic nitrogens is 6. The monoisotopic (exact) mass is 499 g/mol. The van der Waals surface area contributed by atoms with Crippen molar-refractivity contribution in [2.24, 2.45) is 7.05 Å². The standard InChI is InChI=1S/C27H29N7OS/c1-15-9-17(7-8-18(15)11-28-25(35)22-12-29-26(36-22)27(3,4)5)23-24-21(30-14-31-23)10-20(32-24)19-13-34(6)33-16(19)2/h7-10,12-14,32H,11H2,1-6H3,(H,28,35). The van der Waals surface area contributed by atoms with Crippen molar-refractivity contribution in [1.82, 2.24) is 35.0 Å². The van der Waals surface area contributed by atoms with Gasteiger partial charge in [0.1, 0.15) is 11.2 Å². The van der Waals surface area contributed by atoms with E-state index in [1.54, 1.807) is 12.5 Å². The van der Waals surface area contributed by atoms with Crippen molar-refractivity contribution in [2.75, 3.05) is 0 Å². The predicted molar refractivity (Wildman–Crippen MR) is 143 cm³/mol. The number of amides is 1. The molecule has 0 atom stereocenters. The zero-order valence-electron chi connectivity index (χ0n) is 21.3. The number of aromatic amines is 1. The molecule has 0 aliphatic rings. The van der Waals surface area contributed by atoms with Crippen LogP contribution < -0.4 is 5.32 Å². The van der Waals surface area contributed by atoms with Crippen LogP contribution in [-0.2, 0) is 19.0 Å². The van der Waals surface area contributed by atoms with E-state index in [4.69, 9.17) is 0 Å². The van der Waals surface area contributed by atoms with E-state index in [-0.39, 0.29) is 11.3 Å². The Morgan fingerprint density at radius 2 is 1.94 bits per heavy atom. The van der Waals surface area contributed by atoms with Gasteiger partial charge in [-0.25, -0.2) is 15.0 Å². The molecule has 8 nitrogen and oxygen atoms in total. The molecule has 9 heteroatoms. The summed E-state index contributed by atoms with van der Waals surface area (Å²) in [5.41, 5.74) is 8.58. The van der Waals surface area contributed by atoms with Crippen molar-refractivity contribution in [2.45, 2.75) is 46.6 Å². The van der Waals surface area contributed by atoms with E-state index in [9.17, 15) is 4.79 Å². The fraction of sp³-hybridized carbons (Fsp3) is 0.296. The fourth-order valence-corrected chi connectivity index (χ4v) is 5.09. The van der Waals surface area contributed by atoms with Gasteiger partial charge < -0.3 is 10.3 Å². The quantitative estimate of drug-likeness (QED) is 0.341. The van der Waals surface area contributed by atoms with E-state index in [0.717, 1.165) is 55.4 Å². The third-order valence-electron chi connectivity index (χ3n) is 6.15. The molecule has 0 saturated heterocycles. The minimum Gasteiger partial charge on any atom is -0.351 e. The highest BCUT2D eigenvalue weighted by Crippen LogP contribution is 2.31. The van der Waals surface area contributed by atoms with Crippen LogP contribution in [0, 0.1) is 13.8 Å². The lowest BCUT2D eigenvalue weighted by atomic mass is 9.98. The first-order chi connectivity index (χ1) is 17.1. The third kappa shape index (κ3) is 4.54. The van der Waals surface area contributed by atoms with Crippen LogP contribution in [-0.4, -0.2) is 35.6 Å². The summed E-state index contributed by atoms with van der Waals surface area (Å²) in [5.74, 6) is -0.103. The van der Waals surface area contributed by atoms with Crippen molar-refractivity contribution < 1.29 is 4.79 Å². The van der Waals surface area contributed by atoms with Crippen LogP contribution in [0.5, 0.6) is 0 Å². The first-order valence-corrected chi connectivity index (χ1v) is 12.6. The number of H-pyrrole nitrogens is 1. The first-order valence-electron chi connectivity index (χ1n) is 11.8. The Kier molecular flexibility index (Phi) is 5.96. The number of nitrogens with zero attached hydrogens (tertiary/aromatic N) is 5. The van der Waals surface area contributed by atoms with Gasteiger partial charge in [-0.05, 0) is 37.1 Å². The molecule has 1 aromatic carbocycles. The summed E-state index contributed by atoms with van der Waals surface area (Å²) in [4.78, 5) is 30.3. The molecule has 4 aromatic heterocycles. The van der Waals surface area contributed by atoms with E-state index in [0.29, 0.717) is 11.4 Å². The molecule has 5 rings (SSSR count). The summed E-state index contributed by atoms with van der Waals surface area (Å²) < 4.78 is 1.81. The molecule has 0 aliphatic heterocycles. The van der Waals surface area contributed by atoms with Crippen molar-refractivity contribution in [3.8, 4) is 22.5 Å². The number of carbonyl (C=O) groups is 1. The second kappa shape index (κ2) is 8.98. The van der Waals surface area contributed by atoms with E-state index >= 15 is 0 Å². The van der Waals surface area contributed by atoms with Gasteiger partial charge in [-0.3, -0.25) is 9.48 Å². The van der Waals surface area contributed by atoms with Gasteiger partial charge in [0, 0.05) is 36.3 Å². The summed E-state index contributed by atoms with van der Waals surface area (Å²) in [6, 6.07) is 8.22. The molecule has 1 amide bonds. The van der Waals surface area contributed by atoms with Crippen LogP contribution in [0.15, 0.2) is 43.0 Å². The third-order valence-corrected chi connectivity index (χ3v) is 7.57. The summed E-state index contributed by atoms with van der Waals surface area (Å²) in [6.07, 6.45) is 5.25. The maximum absolute atomic E-state index is 12.7. The number of benzene rings is 1. The molecular weight excluding hydrogens is 470 g/mol. The number of carbonyl (C=O) groups excluding carboxylic acids is 1. The zero-order valence-corrected chi connectivity index (χ0v) is 22.1. The number of rotatable bonds is 5. The summed E-state index contributed by atoms with van der Waals surface area (Å²) in [7, 11) is 1.91. The predicted octanol–water partition coefficient (Wildman–Crippen LogP) is 5.33. The number of hydrogen-bond acceptors (Lipinski definition) is 6. The SMILES string of the molecule is Cc1cc(-c2ncnc3cc(-c4cn(C)nc4C)[nH]c23)ccc1CNC(=O)c1cnc(C(C)(C)C)s1. The molecule has 2 N–H and O–H groups in total. The summed E-state index contributed by atoms with van der Waals surface area (Å²) in [6.45, 7) is 10.8. The maximum Gasteiger partial charge on any atom is 0.263 e. The van der Waals surface area contributed by atoms with Crippen LogP contribution >= 0.6 is 11.3 Å². The maximum atomic E-state index is 12.7. The first kappa shape index (κ1) is 23.9. The minimum atomic E-state index is -0.103. The molecule has 184 valence electrons. The topological polar surface area (TPSA) is 101 Å². The van der Waals surface area contributed by atoms with Gasteiger partial charge in [-0.1, -0.05) is 32.9 Å². The average molecular weight is 500 g/mol. The van der Waals surface area contributed by atoms with Gasteiger partial charge in [-0.2, -0.15) is 5.10 Å². The molecular formula is C27H29N7OS. The Balaban J connectivity index is 1.37. The Labute approximate surface area is 213 Å². The van der Waals surface area contributed by atoms with Crippen LogP contribution in [0.4, 0.5) is 0 Å². The summed E-state index contributed by atoms with van der Waals surface area (Å²) in [5, 5.41) is 8.43. The van der Waals surface area contributed by atoms with E-state index < -0.39 is 0 Å². The van der Waals surface area contributed by atoms with Crippen LogP contribution in [0.25, 0.3) is 33.5 Å². The molecule has 0 spiro atoms. The second-order valence-electron chi connectivity index (χ2n) is 10.1. The van der Waals surface area contributed by atoms with E-state index in [1.165, 1.54) is 11.3 Å². The number of fused-ring (bicyclic) bond motifs is 1. The van der Waals surface area contributed by atoms with Gasteiger partial charge in [0.15, 0.2) is 0 Å². The second-order valence-corrected chi connectivity index (χ2v) is 11.1. The molecule has 0 fully saturated rings.